The SMILES string of the molecule is Cn1cccc1C(=O)N1CCCCC1CCOC(=O)Cn1ncc2ccccc2c1=O. The molecule has 3 heterocycles. The number of hydrogen-bond acceptors (Lipinski definition) is 5. The summed E-state index contributed by atoms with van der Waals surface area (Å²) in [5, 5.41) is 5.31. The highest BCUT2D eigenvalue weighted by atomic mass is 16.5. The molecule has 0 N–H and O–H groups in total. The topological polar surface area (TPSA) is 86.4 Å². The van der Waals surface area contributed by atoms with Crippen molar-refractivity contribution in [2.24, 2.45) is 7.05 Å². The molecule has 8 nitrogen and oxygen atoms in total. The summed E-state index contributed by atoms with van der Waals surface area (Å²) in [6.07, 6.45) is 6.91. The normalized spacial score (nSPS) is 16.4. The number of esters is 1. The maximum absolute atomic E-state index is 12.9. The van der Waals surface area contributed by atoms with E-state index in [4.69, 9.17) is 4.74 Å². The Morgan fingerprint density at radius 1 is 1.16 bits per heavy atom. The van der Waals surface area contributed by atoms with Crippen molar-refractivity contribution in [2.45, 2.75) is 38.3 Å². The van der Waals surface area contributed by atoms with Gasteiger partial charge in [-0.05, 0) is 37.5 Å². The lowest BCUT2D eigenvalue weighted by Gasteiger charge is -2.35. The quantitative estimate of drug-likeness (QED) is 0.569. The van der Waals surface area contributed by atoms with Gasteiger partial charge in [-0.25, -0.2) is 4.68 Å². The highest BCUT2D eigenvalue weighted by Crippen LogP contribution is 2.22. The summed E-state index contributed by atoms with van der Waals surface area (Å²) in [5.41, 5.74) is 0.340. The second kappa shape index (κ2) is 9.16. The summed E-state index contributed by atoms with van der Waals surface area (Å²) in [4.78, 5) is 39.6. The summed E-state index contributed by atoms with van der Waals surface area (Å²) in [6, 6.07) is 10.8. The van der Waals surface area contributed by atoms with E-state index < -0.39 is 5.97 Å². The molecule has 1 fully saturated rings. The van der Waals surface area contributed by atoms with Gasteiger partial charge in [0.05, 0.1) is 18.2 Å². The molecule has 8 heteroatoms. The molecule has 1 aliphatic rings. The van der Waals surface area contributed by atoms with Crippen molar-refractivity contribution in [3.05, 3.63) is 64.8 Å². The first kappa shape index (κ1) is 20.8. The predicted molar refractivity (Wildman–Crippen MR) is 116 cm³/mol. The van der Waals surface area contributed by atoms with E-state index in [0.29, 0.717) is 24.0 Å². The fourth-order valence-electron chi connectivity index (χ4n) is 4.12. The van der Waals surface area contributed by atoms with Gasteiger partial charge >= 0.3 is 5.97 Å². The molecule has 2 aromatic heterocycles. The average molecular weight is 422 g/mol. The lowest BCUT2D eigenvalue weighted by molar-refractivity contribution is -0.145. The van der Waals surface area contributed by atoms with Crippen LogP contribution in [-0.4, -0.2) is 50.3 Å². The van der Waals surface area contributed by atoms with Crippen LogP contribution in [0.3, 0.4) is 0 Å². The molecule has 1 aliphatic heterocycles. The highest BCUT2D eigenvalue weighted by molar-refractivity contribution is 5.93. The Morgan fingerprint density at radius 2 is 2.00 bits per heavy atom. The predicted octanol–water partition coefficient (Wildman–Crippen LogP) is 2.36. The van der Waals surface area contributed by atoms with Crippen molar-refractivity contribution in [3.63, 3.8) is 0 Å². The number of ether oxygens (including phenoxy) is 1. The van der Waals surface area contributed by atoms with E-state index in [0.717, 1.165) is 29.3 Å². The summed E-state index contributed by atoms with van der Waals surface area (Å²) in [7, 11) is 1.86. The number of likely N-dealkylation sites (tertiary alicyclic amines) is 1. The zero-order valence-corrected chi connectivity index (χ0v) is 17.6. The first-order valence-electron chi connectivity index (χ1n) is 10.6. The fourth-order valence-corrected chi connectivity index (χ4v) is 4.12. The van der Waals surface area contributed by atoms with Gasteiger partial charge in [0, 0.05) is 37.6 Å². The molecule has 0 bridgehead atoms. The average Bonchev–Trinajstić information content (AvgIpc) is 3.21. The molecular weight excluding hydrogens is 396 g/mol. The third kappa shape index (κ3) is 4.52. The molecule has 1 saturated heterocycles. The maximum Gasteiger partial charge on any atom is 0.327 e. The first-order valence-corrected chi connectivity index (χ1v) is 10.6. The van der Waals surface area contributed by atoms with E-state index in [9.17, 15) is 14.4 Å². The van der Waals surface area contributed by atoms with Gasteiger partial charge in [0.15, 0.2) is 0 Å². The Morgan fingerprint density at radius 3 is 2.81 bits per heavy atom. The zero-order valence-electron chi connectivity index (χ0n) is 17.6. The highest BCUT2D eigenvalue weighted by Gasteiger charge is 2.28. The van der Waals surface area contributed by atoms with Crippen LogP contribution in [0.2, 0.25) is 0 Å². The van der Waals surface area contributed by atoms with Crippen LogP contribution < -0.4 is 5.56 Å². The van der Waals surface area contributed by atoms with E-state index in [1.807, 2.05) is 40.9 Å². The Kier molecular flexibility index (Phi) is 6.16. The summed E-state index contributed by atoms with van der Waals surface area (Å²) in [6.45, 7) is 0.669. The van der Waals surface area contributed by atoms with Crippen molar-refractivity contribution < 1.29 is 14.3 Å². The number of carbonyl (C=O) groups excluding carboxylic acids is 2. The van der Waals surface area contributed by atoms with Gasteiger partial charge in [-0.15, -0.1) is 0 Å². The van der Waals surface area contributed by atoms with Crippen molar-refractivity contribution >= 4 is 22.6 Å². The van der Waals surface area contributed by atoms with Crippen molar-refractivity contribution in [2.75, 3.05) is 13.2 Å². The number of hydrogen-bond donors (Lipinski definition) is 0. The molecule has 3 aromatic rings. The lowest BCUT2D eigenvalue weighted by Crippen LogP contribution is -2.45. The summed E-state index contributed by atoms with van der Waals surface area (Å²) >= 11 is 0. The second-order valence-corrected chi connectivity index (χ2v) is 7.86. The van der Waals surface area contributed by atoms with Crippen LogP contribution in [0.1, 0.15) is 36.2 Å². The van der Waals surface area contributed by atoms with Crippen LogP contribution in [0.5, 0.6) is 0 Å². The van der Waals surface area contributed by atoms with Gasteiger partial charge in [0.25, 0.3) is 11.5 Å². The van der Waals surface area contributed by atoms with Gasteiger partial charge < -0.3 is 14.2 Å². The summed E-state index contributed by atoms with van der Waals surface area (Å²) < 4.78 is 8.32. The molecule has 162 valence electrons. The minimum Gasteiger partial charge on any atom is -0.464 e. The standard InChI is InChI=1S/C23H26N4O4/c1-25-12-6-10-20(25)23(30)26-13-5-4-8-18(26)11-14-31-21(28)16-27-22(29)19-9-3-2-7-17(19)15-24-27/h2-3,6-7,9-10,12,15,18H,4-5,8,11,13-14,16H2,1H3. The zero-order chi connectivity index (χ0) is 21.8. The smallest absolute Gasteiger partial charge is 0.327 e. The number of carbonyl (C=O) groups is 2. The third-order valence-electron chi connectivity index (χ3n) is 5.81. The molecule has 1 unspecified atom stereocenters. The molecule has 1 amide bonds. The molecular formula is C23H26N4O4. The van der Waals surface area contributed by atoms with Crippen molar-refractivity contribution in [1.82, 2.24) is 19.2 Å². The Balaban J connectivity index is 1.34. The Labute approximate surface area is 180 Å². The molecule has 1 atom stereocenters. The fraction of sp³-hybridized carbons (Fsp3) is 0.391. The van der Waals surface area contributed by atoms with E-state index in [2.05, 4.69) is 5.10 Å². The summed E-state index contributed by atoms with van der Waals surface area (Å²) in [5.74, 6) is -0.503. The third-order valence-corrected chi connectivity index (χ3v) is 5.81. The molecule has 0 saturated carbocycles. The lowest BCUT2D eigenvalue weighted by atomic mass is 9.99. The van der Waals surface area contributed by atoms with Crippen LogP contribution in [0.15, 0.2) is 53.6 Å². The molecule has 0 radical (unpaired) electrons. The van der Waals surface area contributed by atoms with Crippen LogP contribution in [0.25, 0.3) is 10.8 Å². The van der Waals surface area contributed by atoms with Crippen LogP contribution >= 0.6 is 0 Å². The number of aromatic nitrogens is 3. The van der Waals surface area contributed by atoms with Gasteiger partial charge in [-0.3, -0.25) is 14.4 Å². The van der Waals surface area contributed by atoms with E-state index in [1.165, 1.54) is 0 Å². The molecule has 0 spiro atoms. The van der Waals surface area contributed by atoms with E-state index in [1.54, 1.807) is 24.4 Å². The maximum atomic E-state index is 12.9. The number of aryl methyl sites for hydroxylation is 1. The molecule has 1 aromatic carbocycles. The molecule has 31 heavy (non-hydrogen) atoms. The monoisotopic (exact) mass is 422 g/mol. The van der Waals surface area contributed by atoms with Crippen molar-refractivity contribution in [1.29, 1.82) is 0 Å². The number of rotatable bonds is 6. The van der Waals surface area contributed by atoms with Gasteiger partial charge in [-0.2, -0.15) is 5.10 Å². The van der Waals surface area contributed by atoms with Crippen LogP contribution in [0.4, 0.5) is 0 Å². The number of nitrogens with zero attached hydrogens (tertiary/aromatic N) is 4. The van der Waals surface area contributed by atoms with Gasteiger partial charge in [-0.1, -0.05) is 18.2 Å². The Hall–Kier alpha value is -3.42. The molecule has 4 rings (SSSR count). The Bertz CT molecular complexity index is 1150. The number of amides is 1. The van der Waals surface area contributed by atoms with Crippen LogP contribution in [0, 0.1) is 0 Å². The first-order chi connectivity index (χ1) is 15.0. The number of fused-ring (bicyclic) bond motifs is 1. The minimum atomic E-state index is -0.513. The minimum absolute atomic E-state index is 0.00967. The number of benzene rings is 1. The van der Waals surface area contributed by atoms with Crippen LogP contribution in [-0.2, 0) is 23.1 Å². The second-order valence-electron chi connectivity index (χ2n) is 7.86. The van der Waals surface area contributed by atoms with Crippen molar-refractivity contribution in [3.8, 4) is 0 Å². The van der Waals surface area contributed by atoms with E-state index in [-0.39, 0.29) is 30.7 Å². The van der Waals surface area contributed by atoms with E-state index >= 15 is 0 Å². The number of piperidine rings is 1. The molecule has 0 aliphatic carbocycles. The van der Waals surface area contributed by atoms with Gasteiger partial charge in [0.1, 0.15) is 12.2 Å². The largest absolute Gasteiger partial charge is 0.464 e. The van der Waals surface area contributed by atoms with Gasteiger partial charge in [0.2, 0.25) is 0 Å².